The number of carboxylic acids is 1. The summed E-state index contributed by atoms with van der Waals surface area (Å²) >= 11 is 0. The molecule has 8 heteroatoms. The molecular formula is C30H35NO6S. The van der Waals surface area contributed by atoms with E-state index >= 15 is 0 Å². The molecule has 3 aromatic carbocycles. The molecule has 202 valence electrons. The van der Waals surface area contributed by atoms with Crippen LogP contribution in [0.2, 0.25) is 0 Å². The fourth-order valence-electron chi connectivity index (χ4n) is 5.14. The van der Waals surface area contributed by atoms with Crippen LogP contribution in [0.5, 0.6) is 17.2 Å². The van der Waals surface area contributed by atoms with E-state index in [0.29, 0.717) is 25.1 Å². The fraction of sp³-hybridized carbons (Fsp3) is 0.333. The van der Waals surface area contributed by atoms with E-state index in [2.05, 4.69) is 36.4 Å². The molecule has 2 atom stereocenters. The Bertz CT molecular complexity index is 1130. The highest BCUT2D eigenvalue weighted by Gasteiger charge is 2.40. The maximum Gasteiger partial charge on any atom is 0.326 e. The van der Waals surface area contributed by atoms with Crippen molar-refractivity contribution in [2.75, 3.05) is 33.6 Å². The van der Waals surface area contributed by atoms with Crippen LogP contribution in [0.1, 0.15) is 19.8 Å². The van der Waals surface area contributed by atoms with Gasteiger partial charge in [-0.25, -0.2) is 4.79 Å². The predicted molar refractivity (Wildman–Crippen MR) is 148 cm³/mol. The highest BCUT2D eigenvalue weighted by atomic mass is 32.3. The number of carbonyl (C=O) groups is 2. The lowest BCUT2D eigenvalue weighted by atomic mass is 10.1. The normalized spacial score (nSPS) is 16.5. The Morgan fingerprint density at radius 2 is 1.21 bits per heavy atom. The van der Waals surface area contributed by atoms with Crippen molar-refractivity contribution in [1.82, 2.24) is 4.90 Å². The highest BCUT2D eigenvalue weighted by molar-refractivity contribution is 8.33. The summed E-state index contributed by atoms with van der Waals surface area (Å²) in [6.07, 6.45) is 1.18. The minimum Gasteiger partial charge on any atom is -0.497 e. The van der Waals surface area contributed by atoms with Crippen LogP contribution in [0.15, 0.2) is 87.5 Å². The van der Waals surface area contributed by atoms with E-state index in [4.69, 9.17) is 14.2 Å². The topological polar surface area (TPSA) is 85.3 Å². The van der Waals surface area contributed by atoms with Gasteiger partial charge in [0.25, 0.3) is 0 Å². The molecule has 1 aliphatic heterocycles. The zero-order chi connectivity index (χ0) is 27.3. The van der Waals surface area contributed by atoms with Crippen LogP contribution in [0, 0.1) is 5.92 Å². The number of carbonyl (C=O) groups excluding carboxylic acids is 1. The largest absolute Gasteiger partial charge is 0.497 e. The molecule has 0 spiro atoms. The van der Waals surface area contributed by atoms with Gasteiger partial charge >= 0.3 is 5.97 Å². The quantitative estimate of drug-likeness (QED) is 0.357. The fourth-order valence-corrected chi connectivity index (χ4v) is 9.23. The average Bonchev–Trinajstić information content (AvgIpc) is 3.46. The van der Waals surface area contributed by atoms with Gasteiger partial charge in [-0.05, 0) is 100 Å². The van der Waals surface area contributed by atoms with E-state index in [0.717, 1.165) is 31.9 Å². The number of ether oxygens (including phenoxy) is 3. The van der Waals surface area contributed by atoms with Gasteiger partial charge in [0, 0.05) is 18.2 Å². The molecule has 1 N–H and O–H groups in total. The van der Waals surface area contributed by atoms with Crippen molar-refractivity contribution in [3.05, 3.63) is 72.8 Å². The number of hydrogen-bond acceptors (Lipinski definition) is 5. The zero-order valence-corrected chi connectivity index (χ0v) is 23.1. The van der Waals surface area contributed by atoms with Gasteiger partial charge in [-0.1, -0.05) is 6.92 Å². The summed E-state index contributed by atoms with van der Waals surface area (Å²) in [7, 11) is 2.93. The summed E-state index contributed by atoms with van der Waals surface area (Å²) < 4.78 is 16.3. The van der Waals surface area contributed by atoms with E-state index in [1.807, 2.05) is 43.3 Å². The second-order valence-corrected chi connectivity index (χ2v) is 12.6. The predicted octanol–water partition coefficient (Wildman–Crippen LogP) is 5.71. The second kappa shape index (κ2) is 11.8. The van der Waals surface area contributed by atoms with E-state index < -0.39 is 28.0 Å². The molecule has 1 aliphatic rings. The van der Waals surface area contributed by atoms with E-state index in [-0.39, 0.29) is 5.91 Å². The Labute approximate surface area is 225 Å². The maximum atomic E-state index is 13.7. The van der Waals surface area contributed by atoms with Crippen LogP contribution in [0.3, 0.4) is 0 Å². The van der Waals surface area contributed by atoms with Crippen molar-refractivity contribution in [3.63, 3.8) is 0 Å². The second-order valence-electron chi connectivity index (χ2n) is 9.36. The number of hydrogen-bond donors (Lipinski definition) is 1. The molecular weight excluding hydrogens is 502 g/mol. The average molecular weight is 538 g/mol. The molecule has 0 saturated carbocycles. The van der Waals surface area contributed by atoms with Crippen molar-refractivity contribution in [2.24, 2.45) is 5.92 Å². The van der Waals surface area contributed by atoms with Crippen LogP contribution < -0.4 is 14.2 Å². The lowest BCUT2D eigenvalue weighted by molar-refractivity contribution is -0.149. The molecule has 7 nitrogen and oxygen atoms in total. The number of carboxylic acid groups (broad SMARTS) is 1. The minimum atomic E-state index is -1.98. The molecule has 1 amide bonds. The van der Waals surface area contributed by atoms with Crippen LogP contribution in [0.4, 0.5) is 0 Å². The molecule has 1 heterocycles. The van der Waals surface area contributed by atoms with Crippen LogP contribution in [0.25, 0.3) is 0 Å². The molecule has 38 heavy (non-hydrogen) atoms. The summed E-state index contributed by atoms with van der Waals surface area (Å²) in [6, 6.07) is 23.3. The summed E-state index contributed by atoms with van der Waals surface area (Å²) in [4.78, 5) is 30.4. The Hall–Kier alpha value is -3.65. The third-order valence-corrected chi connectivity index (χ3v) is 11.4. The summed E-state index contributed by atoms with van der Waals surface area (Å²) in [5, 5.41) is 9.70. The van der Waals surface area contributed by atoms with Gasteiger partial charge in [-0.3, -0.25) is 4.79 Å². The lowest BCUT2D eigenvalue weighted by Gasteiger charge is -2.43. The Kier molecular flexibility index (Phi) is 8.52. The third-order valence-electron chi connectivity index (χ3n) is 7.13. The van der Waals surface area contributed by atoms with Crippen molar-refractivity contribution < 1.29 is 28.9 Å². The number of likely N-dealkylation sites (tertiary alicyclic amines) is 1. The first-order valence-electron chi connectivity index (χ1n) is 12.6. The molecule has 1 saturated heterocycles. The van der Waals surface area contributed by atoms with Crippen molar-refractivity contribution in [1.29, 1.82) is 0 Å². The molecule has 0 aromatic heterocycles. The van der Waals surface area contributed by atoms with Gasteiger partial charge in [0.2, 0.25) is 5.91 Å². The summed E-state index contributed by atoms with van der Waals surface area (Å²) in [6.45, 7) is 2.38. The van der Waals surface area contributed by atoms with E-state index in [1.165, 1.54) is 0 Å². The molecule has 3 aromatic rings. The molecule has 0 bridgehead atoms. The van der Waals surface area contributed by atoms with Gasteiger partial charge in [-0.15, -0.1) is 0 Å². The Morgan fingerprint density at radius 1 is 0.816 bits per heavy atom. The van der Waals surface area contributed by atoms with Gasteiger partial charge < -0.3 is 24.2 Å². The summed E-state index contributed by atoms with van der Waals surface area (Å²) in [5.41, 5.74) is 0. The maximum absolute atomic E-state index is 13.7. The monoisotopic (exact) mass is 537 g/mol. The lowest BCUT2D eigenvalue weighted by Crippen LogP contribution is -2.44. The first-order valence-corrected chi connectivity index (χ1v) is 14.4. The first-order chi connectivity index (χ1) is 18.3. The van der Waals surface area contributed by atoms with Crippen LogP contribution in [-0.2, 0) is 9.59 Å². The number of methoxy groups -OCH3 is 3. The van der Waals surface area contributed by atoms with Gasteiger partial charge in [0.1, 0.15) is 23.3 Å². The minimum absolute atomic E-state index is 0.123. The standard InChI is InChI=1S/C30H35NO6S/c1-21(29(32)31-19-5-6-28(31)30(33)34)20-38(25-13-7-22(35-2)8-14-25,26-15-9-23(36-3)10-16-26)27-17-11-24(37-4)12-18-27/h7-18,21,28H,5-6,19-20H2,1-4H3,(H,33,34)/t21-,28-/m0/s1. The van der Waals surface area contributed by atoms with E-state index in [1.54, 1.807) is 26.2 Å². The zero-order valence-electron chi connectivity index (χ0n) is 22.3. The Balaban J connectivity index is 1.87. The van der Waals surface area contributed by atoms with Gasteiger partial charge in [0.15, 0.2) is 0 Å². The van der Waals surface area contributed by atoms with Gasteiger partial charge in [-0.2, -0.15) is 10.0 Å². The van der Waals surface area contributed by atoms with Crippen molar-refractivity contribution >= 4 is 21.9 Å². The number of aliphatic carboxylic acids is 1. The first kappa shape index (κ1) is 27.4. The number of benzene rings is 3. The van der Waals surface area contributed by atoms with Crippen molar-refractivity contribution in [3.8, 4) is 17.2 Å². The SMILES string of the molecule is COc1ccc(S(C[C@H](C)C(=O)N2CCC[C@H]2C(=O)O)(c2ccc(OC)cc2)c2ccc(OC)cc2)cc1. The molecule has 0 aliphatic carbocycles. The number of nitrogens with zero attached hydrogens (tertiary/aromatic N) is 1. The Morgan fingerprint density at radius 3 is 1.55 bits per heavy atom. The summed E-state index contributed by atoms with van der Waals surface area (Å²) in [5.74, 6) is 1.27. The third kappa shape index (κ3) is 5.31. The van der Waals surface area contributed by atoms with Crippen molar-refractivity contribution in [2.45, 2.75) is 40.5 Å². The highest BCUT2D eigenvalue weighted by Crippen LogP contribution is 2.69. The molecule has 0 unspecified atom stereocenters. The van der Waals surface area contributed by atoms with Crippen LogP contribution in [-0.4, -0.2) is 61.6 Å². The van der Waals surface area contributed by atoms with Crippen LogP contribution >= 0.6 is 10.0 Å². The number of rotatable bonds is 10. The van der Waals surface area contributed by atoms with E-state index in [9.17, 15) is 14.7 Å². The molecule has 1 fully saturated rings. The molecule has 4 rings (SSSR count). The molecule has 0 radical (unpaired) electrons. The smallest absolute Gasteiger partial charge is 0.326 e. The van der Waals surface area contributed by atoms with Gasteiger partial charge in [0.05, 0.1) is 21.3 Å². The number of amides is 1.